The van der Waals surface area contributed by atoms with Crippen molar-refractivity contribution in [2.45, 2.75) is 59.1 Å². The van der Waals surface area contributed by atoms with Gasteiger partial charge in [0.25, 0.3) is 0 Å². The van der Waals surface area contributed by atoms with Crippen LogP contribution in [0, 0.1) is 17.8 Å². The Morgan fingerprint density at radius 3 is 2.22 bits per heavy atom. The van der Waals surface area contributed by atoms with Crippen LogP contribution in [0.25, 0.3) is 0 Å². The molecule has 2 atom stereocenters. The molecule has 0 saturated carbocycles. The quantitative estimate of drug-likeness (QED) is 0.770. The maximum absolute atomic E-state index is 13.0. The number of hydrogen-bond donors (Lipinski definition) is 2. The number of likely N-dealkylation sites (tertiary alicyclic amines) is 1. The van der Waals surface area contributed by atoms with Crippen molar-refractivity contribution in [3.8, 4) is 0 Å². The number of benzene rings is 1. The molecule has 1 saturated heterocycles. The van der Waals surface area contributed by atoms with Gasteiger partial charge in [-0.3, -0.25) is 9.59 Å². The number of nitrogens with zero attached hydrogens (tertiary/aromatic N) is 1. The first-order valence-electron chi connectivity index (χ1n) is 10.1. The van der Waals surface area contributed by atoms with E-state index in [1.807, 2.05) is 62.9 Å². The highest BCUT2D eigenvalue weighted by molar-refractivity contribution is 5.88. The first kappa shape index (κ1) is 21.4. The van der Waals surface area contributed by atoms with E-state index in [9.17, 15) is 14.7 Å². The van der Waals surface area contributed by atoms with Gasteiger partial charge in [-0.15, -0.1) is 0 Å². The Labute approximate surface area is 163 Å². The van der Waals surface area contributed by atoms with E-state index in [4.69, 9.17) is 0 Å². The van der Waals surface area contributed by atoms with Crippen LogP contribution in [0.5, 0.6) is 0 Å². The third-order valence-corrected chi connectivity index (χ3v) is 5.28. The van der Waals surface area contributed by atoms with Gasteiger partial charge in [-0.05, 0) is 36.2 Å². The topological polar surface area (TPSA) is 69.6 Å². The smallest absolute Gasteiger partial charge is 0.245 e. The number of nitrogens with one attached hydrogen (secondary N) is 1. The Kier molecular flexibility index (Phi) is 7.84. The van der Waals surface area contributed by atoms with Gasteiger partial charge in [-0.25, -0.2) is 0 Å². The first-order valence-corrected chi connectivity index (χ1v) is 10.1. The van der Waals surface area contributed by atoms with Crippen LogP contribution in [0.1, 0.15) is 58.6 Å². The van der Waals surface area contributed by atoms with E-state index < -0.39 is 12.1 Å². The standard InChI is InChI=1S/C22H34N2O3/c1-15(2)14-19(25)23-20(16(3)4)22(27)24-12-10-18(11-13-24)21(26)17-8-6-5-7-9-17/h5-9,15-16,18,20-21,26H,10-14H2,1-4H3,(H,23,25). The molecule has 1 aliphatic rings. The summed E-state index contributed by atoms with van der Waals surface area (Å²) >= 11 is 0. The van der Waals surface area contributed by atoms with Crippen molar-refractivity contribution in [1.29, 1.82) is 0 Å². The molecule has 1 aromatic rings. The maximum Gasteiger partial charge on any atom is 0.245 e. The third kappa shape index (κ3) is 6.06. The van der Waals surface area contributed by atoms with Crippen molar-refractivity contribution in [3.05, 3.63) is 35.9 Å². The van der Waals surface area contributed by atoms with Crippen molar-refractivity contribution >= 4 is 11.8 Å². The summed E-state index contributed by atoms with van der Waals surface area (Å²) in [6.07, 6.45) is 1.48. The van der Waals surface area contributed by atoms with E-state index in [0.717, 1.165) is 18.4 Å². The highest BCUT2D eigenvalue weighted by Crippen LogP contribution is 2.31. The summed E-state index contributed by atoms with van der Waals surface area (Å²) in [5.74, 6) is 0.398. The Bertz CT molecular complexity index is 607. The Hall–Kier alpha value is -1.88. The van der Waals surface area contributed by atoms with Gasteiger partial charge in [-0.2, -0.15) is 0 Å². The summed E-state index contributed by atoms with van der Waals surface area (Å²) in [4.78, 5) is 26.9. The molecule has 2 N–H and O–H groups in total. The minimum atomic E-state index is -0.491. The van der Waals surface area contributed by atoms with Gasteiger partial charge in [0.1, 0.15) is 6.04 Å². The fourth-order valence-corrected chi connectivity index (χ4v) is 3.67. The van der Waals surface area contributed by atoms with Crippen LogP contribution < -0.4 is 5.32 Å². The molecule has 5 heteroatoms. The SMILES string of the molecule is CC(C)CC(=O)NC(C(=O)N1CCC(C(O)c2ccccc2)CC1)C(C)C. The molecule has 2 rings (SSSR count). The predicted molar refractivity (Wildman–Crippen MR) is 107 cm³/mol. The normalized spacial score (nSPS) is 17.8. The second-order valence-corrected chi connectivity index (χ2v) is 8.41. The van der Waals surface area contributed by atoms with Crippen LogP contribution in [0.3, 0.4) is 0 Å². The van der Waals surface area contributed by atoms with Crippen molar-refractivity contribution in [1.82, 2.24) is 10.2 Å². The summed E-state index contributed by atoms with van der Waals surface area (Å²) in [6.45, 7) is 9.16. The van der Waals surface area contributed by atoms with E-state index in [0.29, 0.717) is 19.5 Å². The van der Waals surface area contributed by atoms with Crippen LogP contribution in [-0.4, -0.2) is 41.0 Å². The minimum absolute atomic E-state index is 0.00485. The van der Waals surface area contributed by atoms with Crippen LogP contribution in [0.4, 0.5) is 0 Å². The number of hydrogen-bond acceptors (Lipinski definition) is 3. The van der Waals surface area contributed by atoms with E-state index in [1.54, 1.807) is 0 Å². The zero-order chi connectivity index (χ0) is 20.0. The molecule has 0 bridgehead atoms. The monoisotopic (exact) mass is 374 g/mol. The number of piperidine rings is 1. The molecule has 2 unspecified atom stereocenters. The number of rotatable bonds is 7. The molecule has 27 heavy (non-hydrogen) atoms. The average molecular weight is 375 g/mol. The molecule has 2 amide bonds. The van der Waals surface area contributed by atoms with Gasteiger partial charge >= 0.3 is 0 Å². The van der Waals surface area contributed by atoms with Gasteiger partial charge < -0.3 is 15.3 Å². The van der Waals surface area contributed by atoms with Crippen molar-refractivity contribution < 1.29 is 14.7 Å². The third-order valence-electron chi connectivity index (χ3n) is 5.28. The van der Waals surface area contributed by atoms with E-state index >= 15 is 0 Å². The second-order valence-electron chi connectivity index (χ2n) is 8.41. The number of carbonyl (C=O) groups excluding carboxylic acids is 2. The maximum atomic E-state index is 13.0. The number of carbonyl (C=O) groups is 2. The summed E-state index contributed by atoms with van der Waals surface area (Å²) < 4.78 is 0. The van der Waals surface area contributed by atoms with Gasteiger partial charge in [0.15, 0.2) is 0 Å². The van der Waals surface area contributed by atoms with Crippen LogP contribution in [0.2, 0.25) is 0 Å². The predicted octanol–water partition coefficient (Wildman–Crippen LogP) is 3.15. The lowest BCUT2D eigenvalue weighted by Gasteiger charge is -2.37. The van der Waals surface area contributed by atoms with Crippen molar-refractivity contribution in [3.63, 3.8) is 0 Å². The zero-order valence-corrected chi connectivity index (χ0v) is 17.0. The number of aliphatic hydroxyl groups excluding tert-OH is 1. The lowest BCUT2D eigenvalue weighted by molar-refractivity contribution is -0.139. The van der Waals surface area contributed by atoms with Crippen LogP contribution in [-0.2, 0) is 9.59 Å². The average Bonchev–Trinajstić information content (AvgIpc) is 2.65. The summed E-state index contributed by atoms with van der Waals surface area (Å²) in [6, 6.07) is 9.22. The number of aliphatic hydroxyl groups is 1. The summed E-state index contributed by atoms with van der Waals surface area (Å²) in [5, 5.41) is 13.5. The lowest BCUT2D eigenvalue weighted by atomic mass is 9.87. The van der Waals surface area contributed by atoms with Crippen molar-refractivity contribution in [2.75, 3.05) is 13.1 Å². The fraction of sp³-hybridized carbons (Fsp3) is 0.636. The first-order chi connectivity index (χ1) is 12.8. The highest BCUT2D eigenvalue weighted by Gasteiger charge is 2.33. The molecule has 1 heterocycles. The molecular formula is C22H34N2O3. The van der Waals surface area contributed by atoms with Gasteiger partial charge in [0.2, 0.25) is 11.8 Å². The number of amides is 2. The van der Waals surface area contributed by atoms with Gasteiger partial charge in [0.05, 0.1) is 6.10 Å². The lowest BCUT2D eigenvalue weighted by Crippen LogP contribution is -2.53. The molecule has 150 valence electrons. The van der Waals surface area contributed by atoms with Gasteiger partial charge in [0, 0.05) is 19.5 Å². The molecular weight excluding hydrogens is 340 g/mol. The molecule has 5 nitrogen and oxygen atoms in total. The minimum Gasteiger partial charge on any atom is -0.388 e. The molecule has 0 aliphatic carbocycles. The Balaban J connectivity index is 1.92. The summed E-state index contributed by atoms with van der Waals surface area (Å²) in [5.41, 5.74) is 0.934. The van der Waals surface area contributed by atoms with Crippen molar-refractivity contribution in [2.24, 2.45) is 17.8 Å². The van der Waals surface area contributed by atoms with Gasteiger partial charge in [-0.1, -0.05) is 58.0 Å². The summed E-state index contributed by atoms with van der Waals surface area (Å²) in [7, 11) is 0. The van der Waals surface area contributed by atoms with E-state index in [-0.39, 0.29) is 29.6 Å². The molecule has 0 aromatic heterocycles. The van der Waals surface area contributed by atoms with E-state index in [2.05, 4.69) is 5.32 Å². The fourth-order valence-electron chi connectivity index (χ4n) is 3.67. The second kappa shape index (κ2) is 9.88. The molecule has 1 aliphatic heterocycles. The van der Waals surface area contributed by atoms with Crippen LogP contribution in [0.15, 0.2) is 30.3 Å². The van der Waals surface area contributed by atoms with E-state index in [1.165, 1.54) is 0 Å². The Morgan fingerprint density at radius 1 is 1.11 bits per heavy atom. The molecule has 0 radical (unpaired) electrons. The Morgan fingerprint density at radius 2 is 1.70 bits per heavy atom. The molecule has 0 spiro atoms. The molecule has 1 aromatic carbocycles. The highest BCUT2D eigenvalue weighted by atomic mass is 16.3. The van der Waals surface area contributed by atoms with Crippen LogP contribution >= 0.6 is 0 Å². The largest absolute Gasteiger partial charge is 0.388 e. The zero-order valence-electron chi connectivity index (χ0n) is 17.0. The molecule has 1 fully saturated rings.